The molecule has 0 aromatic heterocycles. The number of nitrogens with one attached hydrogen (secondary N) is 2. The number of aliphatic imine (C=N–C) groups is 1. The summed E-state index contributed by atoms with van der Waals surface area (Å²) in [5.74, 6) is -0.797. The van der Waals surface area contributed by atoms with E-state index in [1.807, 2.05) is 0 Å². The number of hydrogen-bond donors (Lipinski definition) is 2. The van der Waals surface area contributed by atoms with Crippen LogP contribution in [-0.4, -0.2) is 42.9 Å². The van der Waals surface area contributed by atoms with E-state index in [1.165, 1.54) is 0 Å². The molecule has 2 rings (SSSR count). The molecule has 1 aromatic rings. The number of alkyl halides is 3. The molecular weight excluding hydrogens is 352 g/mol. The SMILES string of the molecule is CCNC(=NCc1ccc(F)cc1C(F)(F)F)NCC(=O)N1CCCC1. The quantitative estimate of drug-likeness (QED) is 0.473. The van der Waals surface area contributed by atoms with Crippen LogP contribution in [0.4, 0.5) is 17.6 Å². The normalized spacial score (nSPS) is 15.3. The summed E-state index contributed by atoms with van der Waals surface area (Å²) in [6.07, 6.45) is -2.71. The standard InChI is InChI=1S/C17H22F4N4O/c1-2-22-16(24-11-15(26)25-7-3-4-8-25)23-10-12-5-6-13(18)9-14(12)17(19,20)21/h5-6,9H,2-4,7-8,10-11H2,1H3,(H2,22,23,24). The molecule has 1 aliphatic heterocycles. The van der Waals surface area contributed by atoms with Gasteiger partial charge in [0.2, 0.25) is 5.91 Å². The lowest BCUT2D eigenvalue weighted by atomic mass is 10.1. The highest BCUT2D eigenvalue weighted by molar-refractivity contribution is 5.86. The van der Waals surface area contributed by atoms with E-state index >= 15 is 0 Å². The zero-order valence-corrected chi connectivity index (χ0v) is 14.5. The van der Waals surface area contributed by atoms with Crippen LogP contribution < -0.4 is 10.6 Å². The lowest BCUT2D eigenvalue weighted by molar-refractivity contribution is -0.138. The third kappa shape index (κ3) is 5.60. The van der Waals surface area contributed by atoms with Gasteiger partial charge in [-0.3, -0.25) is 4.79 Å². The summed E-state index contributed by atoms with van der Waals surface area (Å²) in [5, 5.41) is 5.71. The first-order chi connectivity index (χ1) is 12.3. The van der Waals surface area contributed by atoms with Crippen molar-refractivity contribution in [3.63, 3.8) is 0 Å². The van der Waals surface area contributed by atoms with E-state index < -0.39 is 17.6 Å². The van der Waals surface area contributed by atoms with Crippen LogP contribution in [0.3, 0.4) is 0 Å². The highest BCUT2D eigenvalue weighted by atomic mass is 19.4. The minimum atomic E-state index is -4.66. The van der Waals surface area contributed by atoms with E-state index in [1.54, 1.807) is 11.8 Å². The van der Waals surface area contributed by atoms with Gasteiger partial charge >= 0.3 is 6.18 Å². The summed E-state index contributed by atoms with van der Waals surface area (Å²) in [5.41, 5.74) is -1.19. The second-order valence-corrected chi connectivity index (χ2v) is 5.94. The van der Waals surface area contributed by atoms with Crippen molar-refractivity contribution in [3.05, 3.63) is 35.1 Å². The molecule has 1 fully saturated rings. The summed E-state index contributed by atoms with van der Waals surface area (Å²) in [6.45, 7) is 3.46. The predicted octanol–water partition coefficient (Wildman–Crippen LogP) is 2.52. The molecule has 9 heteroatoms. The van der Waals surface area contributed by atoms with Crippen molar-refractivity contribution in [2.75, 3.05) is 26.2 Å². The number of amides is 1. The summed E-state index contributed by atoms with van der Waals surface area (Å²) in [4.78, 5) is 17.9. The molecule has 5 nitrogen and oxygen atoms in total. The third-order valence-electron chi connectivity index (χ3n) is 3.99. The fraction of sp³-hybridized carbons (Fsp3) is 0.529. The molecule has 1 saturated heterocycles. The van der Waals surface area contributed by atoms with Crippen LogP contribution in [-0.2, 0) is 17.5 Å². The van der Waals surface area contributed by atoms with E-state index in [0.29, 0.717) is 12.6 Å². The van der Waals surface area contributed by atoms with Gasteiger partial charge in [-0.1, -0.05) is 6.07 Å². The summed E-state index contributed by atoms with van der Waals surface area (Å²) in [7, 11) is 0. The Morgan fingerprint density at radius 3 is 2.54 bits per heavy atom. The maximum absolute atomic E-state index is 13.2. The van der Waals surface area contributed by atoms with Gasteiger partial charge in [-0.05, 0) is 37.5 Å². The molecule has 144 valence electrons. The highest BCUT2D eigenvalue weighted by Gasteiger charge is 2.33. The number of nitrogens with zero attached hydrogens (tertiary/aromatic N) is 2. The first-order valence-electron chi connectivity index (χ1n) is 8.47. The van der Waals surface area contributed by atoms with E-state index in [-0.39, 0.29) is 30.5 Å². The zero-order chi connectivity index (χ0) is 19.2. The lowest BCUT2D eigenvalue weighted by Crippen LogP contribution is -2.44. The Morgan fingerprint density at radius 2 is 1.92 bits per heavy atom. The number of guanidine groups is 1. The van der Waals surface area contributed by atoms with Gasteiger partial charge in [-0.2, -0.15) is 13.2 Å². The van der Waals surface area contributed by atoms with Gasteiger partial charge in [0.1, 0.15) is 5.82 Å². The minimum Gasteiger partial charge on any atom is -0.357 e. The first kappa shape index (κ1) is 20.0. The number of carbonyl (C=O) groups is 1. The van der Waals surface area contributed by atoms with Crippen LogP contribution in [0.5, 0.6) is 0 Å². The largest absolute Gasteiger partial charge is 0.416 e. The van der Waals surface area contributed by atoms with Crippen LogP contribution in [0.1, 0.15) is 30.9 Å². The molecule has 0 bridgehead atoms. The van der Waals surface area contributed by atoms with Crippen LogP contribution in [0.25, 0.3) is 0 Å². The molecule has 1 amide bonds. The number of carbonyl (C=O) groups excluding carboxylic acids is 1. The molecule has 0 saturated carbocycles. The summed E-state index contributed by atoms with van der Waals surface area (Å²) in [6, 6.07) is 2.50. The number of likely N-dealkylation sites (tertiary alicyclic amines) is 1. The van der Waals surface area contributed by atoms with Crippen LogP contribution in [0.2, 0.25) is 0 Å². The minimum absolute atomic E-state index is 0.0153. The van der Waals surface area contributed by atoms with E-state index in [0.717, 1.165) is 38.1 Å². The Bertz CT molecular complexity index is 655. The number of hydrogen-bond acceptors (Lipinski definition) is 2. The van der Waals surface area contributed by atoms with Gasteiger partial charge in [0.25, 0.3) is 0 Å². The first-order valence-corrected chi connectivity index (χ1v) is 8.47. The van der Waals surface area contributed by atoms with Gasteiger partial charge in [0.15, 0.2) is 5.96 Å². The Hall–Kier alpha value is -2.32. The second-order valence-electron chi connectivity index (χ2n) is 5.94. The fourth-order valence-corrected chi connectivity index (χ4v) is 2.69. The molecule has 1 aliphatic rings. The van der Waals surface area contributed by atoms with Crippen LogP contribution in [0.15, 0.2) is 23.2 Å². The molecule has 1 aromatic carbocycles. The zero-order valence-electron chi connectivity index (χ0n) is 14.5. The van der Waals surface area contributed by atoms with Crippen molar-refractivity contribution in [1.29, 1.82) is 0 Å². The van der Waals surface area contributed by atoms with Crippen LogP contribution in [0, 0.1) is 5.82 Å². The van der Waals surface area contributed by atoms with E-state index in [9.17, 15) is 22.4 Å². The van der Waals surface area contributed by atoms with Crippen molar-refractivity contribution in [2.24, 2.45) is 4.99 Å². The Labute approximate surface area is 149 Å². The van der Waals surface area contributed by atoms with Crippen molar-refractivity contribution >= 4 is 11.9 Å². The van der Waals surface area contributed by atoms with Crippen molar-refractivity contribution < 1.29 is 22.4 Å². The molecule has 0 unspecified atom stereocenters. The molecular formula is C17H22F4N4O. The molecule has 2 N–H and O–H groups in total. The lowest BCUT2D eigenvalue weighted by Gasteiger charge is -2.17. The highest BCUT2D eigenvalue weighted by Crippen LogP contribution is 2.32. The molecule has 0 radical (unpaired) electrons. The molecule has 1 heterocycles. The van der Waals surface area contributed by atoms with Gasteiger partial charge in [0.05, 0.1) is 18.7 Å². The van der Waals surface area contributed by atoms with Gasteiger partial charge in [-0.15, -0.1) is 0 Å². The third-order valence-corrected chi connectivity index (χ3v) is 3.99. The van der Waals surface area contributed by atoms with Crippen molar-refractivity contribution in [2.45, 2.75) is 32.5 Å². The molecule has 0 aliphatic carbocycles. The summed E-state index contributed by atoms with van der Waals surface area (Å²) >= 11 is 0. The number of rotatable bonds is 5. The second kappa shape index (κ2) is 8.86. The maximum Gasteiger partial charge on any atom is 0.416 e. The Balaban J connectivity index is 2.05. The Kier molecular flexibility index (Phi) is 6.82. The van der Waals surface area contributed by atoms with Gasteiger partial charge < -0.3 is 15.5 Å². The Morgan fingerprint density at radius 1 is 1.23 bits per heavy atom. The van der Waals surface area contributed by atoms with Crippen molar-refractivity contribution in [1.82, 2.24) is 15.5 Å². The maximum atomic E-state index is 13.2. The number of halogens is 4. The van der Waals surface area contributed by atoms with E-state index in [4.69, 9.17) is 0 Å². The average Bonchev–Trinajstić information content (AvgIpc) is 3.11. The molecule has 0 spiro atoms. The van der Waals surface area contributed by atoms with Crippen LogP contribution >= 0.6 is 0 Å². The smallest absolute Gasteiger partial charge is 0.357 e. The monoisotopic (exact) mass is 374 g/mol. The molecule has 0 atom stereocenters. The predicted molar refractivity (Wildman–Crippen MR) is 90.0 cm³/mol. The van der Waals surface area contributed by atoms with E-state index in [2.05, 4.69) is 15.6 Å². The topological polar surface area (TPSA) is 56.7 Å². The van der Waals surface area contributed by atoms with Gasteiger partial charge in [-0.25, -0.2) is 9.38 Å². The van der Waals surface area contributed by atoms with Gasteiger partial charge in [0, 0.05) is 19.6 Å². The number of benzene rings is 1. The fourth-order valence-electron chi connectivity index (χ4n) is 2.69. The summed E-state index contributed by atoms with van der Waals surface area (Å²) < 4.78 is 52.2. The van der Waals surface area contributed by atoms with Crippen molar-refractivity contribution in [3.8, 4) is 0 Å². The average molecular weight is 374 g/mol. The molecule has 26 heavy (non-hydrogen) atoms.